The highest BCUT2D eigenvalue weighted by Crippen LogP contribution is 2.61. The van der Waals surface area contributed by atoms with Crippen molar-refractivity contribution in [1.82, 2.24) is 9.80 Å². The van der Waals surface area contributed by atoms with E-state index in [0.717, 1.165) is 36.3 Å². The number of nitrogens with one attached hydrogen (secondary N) is 1. The zero-order chi connectivity index (χ0) is 31.5. The van der Waals surface area contributed by atoms with Crippen molar-refractivity contribution in [3.05, 3.63) is 93.2 Å². The number of amides is 1. The number of carbonyl (C=O) groups excluding carboxylic acids is 2. The molecule has 236 valence electrons. The number of halogens is 3. The van der Waals surface area contributed by atoms with Gasteiger partial charge >= 0.3 is 5.97 Å². The van der Waals surface area contributed by atoms with E-state index in [-0.39, 0.29) is 40.8 Å². The molecule has 1 saturated carbocycles. The molecule has 1 aliphatic carbocycles. The van der Waals surface area contributed by atoms with Gasteiger partial charge in [0.15, 0.2) is 0 Å². The van der Waals surface area contributed by atoms with Crippen LogP contribution in [0.25, 0.3) is 0 Å². The molecule has 3 aromatic rings. The standard InChI is InChI=1S/C35H36Cl2FN3O4/c1-3-44-23-8-5-7-20(15-23)18-41-29-13-14-40(19-21-16-25(21)33(42)45-4-2)32(29)30(24-9-6-10-27(37)31(24)38)35(41)26-12-11-22(36)17-28(26)39-34(35)43/h5-12,15,17,21,25,29-30,32H,3-4,13-14,16,18-19H2,1-2H3,(H,39,43)/t21?,25?,29-,30-,32+,35+/m0/s1. The molecule has 1 spiro atoms. The Bertz CT molecular complexity index is 1650. The topological polar surface area (TPSA) is 71.1 Å². The lowest BCUT2D eigenvalue weighted by molar-refractivity contribution is -0.145. The maximum absolute atomic E-state index is 16.3. The molecule has 2 saturated heterocycles. The molecule has 0 aromatic heterocycles. The summed E-state index contributed by atoms with van der Waals surface area (Å²) in [5.74, 6) is -0.695. The smallest absolute Gasteiger partial charge is 0.309 e. The predicted molar refractivity (Wildman–Crippen MR) is 171 cm³/mol. The van der Waals surface area contributed by atoms with Crippen LogP contribution in [0.15, 0.2) is 60.7 Å². The third-order valence-electron chi connectivity index (χ3n) is 10.0. The molecule has 7 nitrogen and oxygen atoms in total. The van der Waals surface area contributed by atoms with Crippen LogP contribution in [0.1, 0.15) is 49.3 Å². The zero-order valence-corrected chi connectivity index (χ0v) is 26.8. The fraction of sp³-hybridized carbons (Fsp3) is 0.429. The number of anilines is 1. The molecule has 3 fully saturated rings. The minimum absolute atomic E-state index is 0.0194. The Kier molecular flexibility index (Phi) is 8.05. The molecule has 6 atom stereocenters. The van der Waals surface area contributed by atoms with Crippen LogP contribution in [0.2, 0.25) is 10.0 Å². The summed E-state index contributed by atoms with van der Waals surface area (Å²) in [6.45, 7) is 6.53. The summed E-state index contributed by atoms with van der Waals surface area (Å²) in [6, 6.07) is 18.1. The minimum Gasteiger partial charge on any atom is -0.494 e. The number of carbonyl (C=O) groups is 2. The summed E-state index contributed by atoms with van der Waals surface area (Å²) < 4.78 is 27.4. The predicted octanol–water partition coefficient (Wildman–Crippen LogP) is 6.62. The van der Waals surface area contributed by atoms with Gasteiger partial charge in [-0.2, -0.15) is 0 Å². The number of hydrogen-bond acceptors (Lipinski definition) is 6. The zero-order valence-electron chi connectivity index (χ0n) is 25.3. The van der Waals surface area contributed by atoms with Crippen LogP contribution in [0.5, 0.6) is 5.75 Å². The van der Waals surface area contributed by atoms with Crippen LogP contribution in [-0.2, 0) is 26.4 Å². The normalized spacial score (nSPS) is 28.6. The average Bonchev–Trinajstić information content (AvgIpc) is 3.47. The van der Waals surface area contributed by atoms with Crippen LogP contribution in [-0.4, -0.2) is 60.1 Å². The molecule has 45 heavy (non-hydrogen) atoms. The Balaban J connectivity index is 1.38. The number of ether oxygens (including phenoxy) is 2. The highest BCUT2D eigenvalue weighted by atomic mass is 35.5. The molecule has 10 heteroatoms. The third-order valence-corrected chi connectivity index (χ3v) is 10.5. The van der Waals surface area contributed by atoms with E-state index in [9.17, 15) is 9.59 Å². The van der Waals surface area contributed by atoms with E-state index in [1.54, 1.807) is 30.3 Å². The van der Waals surface area contributed by atoms with Crippen molar-refractivity contribution in [1.29, 1.82) is 0 Å². The number of rotatable bonds is 9. The van der Waals surface area contributed by atoms with Gasteiger partial charge in [0, 0.05) is 53.9 Å². The van der Waals surface area contributed by atoms with Crippen LogP contribution < -0.4 is 10.1 Å². The van der Waals surface area contributed by atoms with Gasteiger partial charge < -0.3 is 14.8 Å². The van der Waals surface area contributed by atoms with Gasteiger partial charge in [-0.1, -0.05) is 53.5 Å². The van der Waals surface area contributed by atoms with Crippen LogP contribution in [0.3, 0.4) is 0 Å². The van der Waals surface area contributed by atoms with Crippen molar-refractivity contribution in [2.24, 2.45) is 11.8 Å². The van der Waals surface area contributed by atoms with E-state index < -0.39 is 17.3 Å². The van der Waals surface area contributed by atoms with E-state index in [4.69, 9.17) is 32.7 Å². The first-order valence-corrected chi connectivity index (χ1v) is 16.5. The molecular weight excluding hydrogens is 616 g/mol. The molecule has 3 aromatic carbocycles. The highest BCUT2D eigenvalue weighted by Gasteiger charge is 2.69. The summed E-state index contributed by atoms with van der Waals surface area (Å²) in [5, 5.41) is 3.65. The van der Waals surface area contributed by atoms with Crippen molar-refractivity contribution in [2.45, 2.75) is 56.8 Å². The van der Waals surface area contributed by atoms with Crippen molar-refractivity contribution < 1.29 is 23.5 Å². The fourth-order valence-electron chi connectivity index (χ4n) is 8.22. The Labute approximate surface area is 272 Å². The first-order valence-electron chi connectivity index (χ1n) is 15.7. The Hall–Kier alpha value is -3.17. The maximum Gasteiger partial charge on any atom is 0.309 e. The largest absolute Gasteiger partial charge is 0.494 e. The summed E-state index contributed by atoms with van der Waals surface area (Å²) in [5.41, 5.74) is 1.55. The molecule has 0 radical (unpaired) electrons. The van der Waals surface area contributed by atoms with E-state index in [1.165, 1.54) is 0 Å². The quantitative estimate of drug-likeness (QED) is 0.262. The lowest BCUT2D eigenvalue weighted by Crippen LogP contribution is -2.52. The van der Waals surface area contributed by atoms with Gasteiger partial charge in [0.1, 0.15) is 17.1 Å². The summed E-state index contributed by atoms with van der Waals surface area (Å²) in [6.07, 6.45) is 1.55. The van der Waals surface area contributed by atoms with Gasteiger partial charge in [0.05, 0.1) is 24.2 Å². The third kappa shape index (κ3) is 5.01. The van der Waals surface area contributed by atoms with Gasteiger partial charge in [-0.25, -0.2) is 4.39 Å². The van der Waals surface area contributed by atoms with Crippen molar-refractivity contribution in [2.75, 3.05) is 31.6 Å². The van der Waals surface area contributed by atoms with Crippen molar-refractivity contribution in [3.63, 3.8) is 0 Å². The summed E-state index contributed by atoms with van der Waals surface area (Å²) in [7, 11) is 0. The summed E-state index contributed by atoms with van der Waals surface area (Å²) in [4.78, 5) is 31.8. The Morgan fingerprint density at radius 2 is 1.91 bits per heavy atom. The molecule has 3 aliphatic heterocycles. The second kappa shape index (κ2) is 11.9. The monoisotopic (exact) mass is 651 g/mol. The van der Waals surface area contributed by atoms with Crippen LogP contribution in [0, 0.1) is 17.7 Å². The first-order chi connectivity index (χ1) is 21.8. The van der Waals surface area contributed by atoms with Gasteiger partial charge in [-0.15, -0.1) is 0 Å². The van der Waals surface area contributed by atoms with Crippen molar-refractivity contribution in [3.8, 4) is 5.75 Å². The Morgan fingerprint density at radius 3 is 2.71 bits per heavy atom. The molecule has 3 heterocycles. The number of esters is 1. The van der Waals surface area contributed by atoms with E-state index >= 15 is 4.39 Å². The van der Waals surface area contributed by atoms with Gasteiger partial charge in [0.2, 0.25) is 5.91 Å². The first kappa shape index (κ1) is 30.5. The van der Waals surface area contributed by atoms with Crippen molar-refractivity contribution >= 4 is 40.8 Å². The second-order valence-electron chi connectivity index (χ2n) is 12.4. The van der Waals surface area contributed by atoms with E-state index in [1.807, 2.05) is 44.2 Å². The van der Waals surface area contributed by atoms with E-state index in [2.05, 4.69) is 15.1 Å². The molecular formula is C35H36Cl2FN3O4. The van der Waals surface area contributed by atoms with Gasteiger partial charge in [-0.3, -0.25) is 19.4 Å². The van der Waals surface area contributed by atoms with Gasteiger partial charge in [0.25, 0.3) is 0 Å². The Morgan fingerprint density at radius 1 is 1.09 bits per heavy atom. The number of likely N-dealkylation sites (tertiary alicyclic amines) is 2. The number of hydrogen-bond donors (Lipinski definition) is 1. The molecule has 7 rings (SSSR count). The number of nitrogens with zero attached hydrogens (tertiary/aromatic N) is 2. The average molecular weight is 653 g/mol. The van der Waals surface area contributed by atoms with Crippen LogP contribution >= 0.6 is 23.2 Å². The second-order valence-corrected chi connectivity index (χ2v) is 13.3. The molecule has 0 bridgehead atoms. The van der Waals surface area contributed by atoms with E-state index in [0.29, 0.717) is 42.6 Å². The summed E-state index contributed by atoms with van der Waals surface area (Å²) >= 11 is 12.9. The fourth-order valence-corrected chi connectivity index (χ4v) is 8.57. The van der Waals surface area contributed by atoms with Gasteiger partial charge in [-0.05, 0) is 74.1 Å². The molecule has 1 N–H and O–H groups in total. The molecule has 2 unspecified atom stereocenters. The van der Waals surface area contributed by atoms with Crippen LogP contribution in [0.4, 0.5) is 10.1 Å². The molecule has 1 amide bonds. The lowest BCUT2D eigenvalue weighted by Gasteiger charge is -2.41. The SMILES string of the molecule is CCOC(=O)C1CC1CN1CC[C@H]2[C@@H]1[C@H](c1cccc(Cl)c1F)[C@]1(C(=O)Nc3cc(Cl)ccc31)N2Cc1cccc(OCC)c1. The minimum atomic E-state index is -1.24. The highest BCUT2D eigenvalue weighted by molar-refractivity contribution is 6.31. The molecule has 4 aliphatic rings. The number of fused-ring (bicyclic) bond motifs is 3. The number of benzene rings is 3. The maximum atomic E-state index is 16.3. The lowest BCUT2D eigenvalue weighted by atomic mass is 9.73.